The van der Waals surface area contributed by atoms with Crippen LogP contribution in [0.25, 0.3) is 0 Å². The molecule has 6 nitrogen and oxygen atoms in total. The molecule has 122 valence electrons. The van der Waals surface area contributed by atoms with Gasteiger partial charge < -0.3 is 26.0 Å². The number of halogens is 2. The molecule has 0 unspecified atom stereocenters. The van der Waals surface area contributed by atoms with Gasteiger partial charge in [0.2, 0.25) is 0 Å². The maximum absolute atomic E-state index is 11.8. The number of rotatable bonds is 4. The second-order valence-electron chi connectivity index (χ2n) is 5.38. The number of phenols is 1. The van der Waals surface area contributed by atoms with E-state index in [9.17, 15) is 15.0 Å². The van der Waals surface area contributed by atoms with Crippen LogP contribution in [0.3, 0.4) is 0 Å². The molecule has 5 N–H and O–H groups in total. The Morgan fingerprint density at radius 3 is 2.68 bits per heavy atom. The number of aromatic hydroxyl groups is 1. The summed E-state index contributed by atoms with van der Waals surface area (Å²) in [5, 5.41) is 28.7. The third-order valence-corrected chi connectivity index (χ3v) is 4.65. The predicted molar refractivity (Wildman–Crippen MR) is 82.8 cm³/mol. The van der Waals surface area contributed by atoms with E-state index in [2.05, 4.69) is 0 Å². The summed E-state index contributed by atoms with van der Waals surface area (Å²) < 4.78 is 0. The van der Waals surface area contributed by atoms with Crippen molar-refractivity contribution in [3.05, 3.63) is 27.7 Å². The molecule has 1 fully saturated rings. The van der Waals surface area contributed by atoms with Crippen LogP contribution in [0, 0.1) is 5.92 Å². The van der Waals surface area contributed by atoms with Crippen molar-refractivity contribution in [2.24, 2.45) is 11.7 Å². The number of aliphatic hydroxyl groups is 2. The Labute approximate surface area is 138 Å². The third kappa shape index (κ3) is 3.47. The lowest BCUT2D eigenvalue weighted by Gasteiger charge is -2.23. The van der Waals surface area contributed by atoms with Gasteiger partial charge in [0.05, 0.1) is 16.7 Å². The predicted octanol–water partition coefficient (Wildman–Crippen LogP) is 0.900. The molecular formula is C14H18Cl2N2O4. The van der Waals surface area contributed by atoms with E-state index in [1.807, 2.05) is 0 Å². The number of phenolic OH excluding ortho intramolecular Hbond substituents is 1. The molecule has 0 aliphatic carbocycles. The molecule has 1 aliphatic rings. The van der Waals surface area contributed by atoms with E-state index < -0.39 is 24.7 Å². The van der Waals surface area contributed by atoms with Crippen molar-refractivity contribution < 1.29 is 20.1 Å². The van der Waals surface area contributed by atoms with E-state index >= 15 is 0 Å². The van der Waals surface area contributed by atoms with E-state index in [1.54, 1.807) is 0 Å². The van der Waals surface area contributed by atoms with Crippen molar-refractivity contribution >= 4 is 29.1 Å². The lowest BCUT2D eigenvalue weighted by molar-refractivity contribution is -0.141. The largest absolute Gasteiger partial charge is 0.508 e. The fourth-order valence-corrected chi connectivity index (χ4v) is 2.97. The van der Waals surface area contributed by atoms with Gasteiger partial charge in [0, 0.05) is 30.8 Å². The normalized spacial score (nSPS) is 21.0. The van der Waals surface area contributed by atoms with Crippen LogP contribution < -0.4 is 5.73 Å². The molecular weight excluding hydrogens is 331 g/mol. The van der Waals surface area contributed by atoms with Gasteiger partial charge in [0.1, 0.15) is 5.75 Å². The first kappa shape index (κ1) is 17.3. The zero-order valence-corrected chi connectivity index (χ0v) is 13.3. The zero-order chi connectivity index (χ0) is 16.4. The number of hydrogen-bond donors (Lipinski definition) is 4. The first-order valence-corrected chi connectivity index (χ1v) is 7.62. The molecule has 1 saturated heterocycles. The van der Waals surface area contributed by atoms with Gasteiger partial charge in [-0.1, -0.05) is 23.2 Å². The molecule has 22 heavy (non-hydrogen) atoms. The Balaban J connectivity index is 2.11. The molecule has 1 aromatic rings. The van der Waals surface area contributed by atoms with E-state index in [0.29, 0.717) is 30.1 Å². The number of aliphatic hydroxyl groups excluding tert-OH is 2. The highest BCUT2D eigenvalue weighted by Gasteiger charge is 2.34. The van der Waals surface area contributed by atoms with Crippen LogP contribution in [0.4, 0.5) is 0 Å². The summed E-state index contributed by atoms with van der Waals surface area (Å²) >= 11 is 11.8. The molecule has 1 heterocycles. The highest BCUT2D eigenvalue weighted by Crippen LogP contribution is 2.37. The van der Waals surface area contributed by atoms with Crippen molar-refractivity contribution in [1.29, 1.82) is 0 Å². The van der Waals surface area contributed by atoms with Gasteiger partial charge in [0.15, 0.2) is 6.10 Å². The number of nitrogens with zero attached hydrogens (tertiary/aromatic N) is 1. The highest BCUT2D eigenvalue weighted by atomic mass is 35.5. The Morgan fingerprint density at radius 1 is 1.41 bits per heavy atom. The Morgan fingerprint density at radius 2 is 2.05 bits per heavy atom. The first-order valence-electron chi connectivity index (χ1n) is 6.86. The fraction of sp³-hybridized carbons (Fsp3) is 0.500. The van der Waals surface area contributed by atoms with Crippen molar-refractivity contribution in [3.63, 3.8) is 0 Å². The Kier molecular flexibility index (Phi) is 5.52. The second-order valence-corrected chi connectivity index (χ2v) is 6.20. The topological polar surface area (TPSA) is 107 Å². The molecule has 1 aliphatic heterocycles. The number of amides is 1. The summed E-state index contributed by atoms with van der Waals surface area (Å²) in [7, 11) is 0. The molecule has 1 amide bonds. The van der Waals surface area contributed by atoms with Gasteiger partial charge in [0.25, 0.3) is 5.91 Å². The van der Waals surface area contributed by atoms with Crippen LogP contribution in [0.15, 0.2) is 12.1 Å². The minimum absolute atomic E-state index is 0.0398. The van der Waals surface area contributed by atoms with E-state index in [1.165, 1.54) is 17.0 Å². The highest BCUT2D eigenvalue weighted by molar-refractivity contribution is 6.42. The molecule has 1 aromatic carbocycles. The summed E-state index contributed by atoms with van der Waals surface area (Å²) in [5.41, 5.74) is 6.65. The maximum Gasteiger partial charge on any atom is 0.253 e. The number of carbonyl (C=O) groups excluding carboxylic acids is 1. The number of benzene rings is 1. The molecule has 0 saturated carbocycles. The first-order chi connectivity index (χ1) is 10.3. The maximum atomic E-state index is 11.8. The number of carbonyl (C=O) groups is 1. The lowest BCUT2D eigenvalue weighted by atomic mass is 9.92. The monoisotopic (exact) mass is 348 g/mol. The van der Waals surface area contributed by atoms with E-state index in [0.717, 1.165) is 0 Å². The summed E-state index contributed by atoms with van der Waals surface area (Å²) in [6.45, 7) is 0.173. The van der Waals surface area contributed by atoms with E-state index in [-0.39, 0.29) is 16.7 Å². The number of hydrogen-bond acceptors (Lipinski definition) is 5. The van der Waals surface area contributed by atoms with Gasteiger partial charge in [-0.3, -0.25) is 4.79 Å². The van der Waals surface area contributed by atoms with Crippen LogP contribution in [-0.4, -0.2) is 51.9 Å². The molecule has 0 radical (unpaired) electrons. The minimum atomic E-state index is -1.41. The van der Waals surface area contributed by atoms with Crippen LogP contribution >= 0.6 is 23.2 Å². The smallest absolute Gasteiger partial charge is 0.253 e. The number of likely N-dealkylation sites (tertiary alicyclic amines) is 1. The average Bonchev–Trinajstić information content (AvgIpc) is 2.98. The summed E-state index contributed by atoms with van der Waals surface area (Å²) in [6, 6.07) is 2.35. The number of nitrogens with two attached hydrogens (primary N) is 1. The molecule has 3 atom stereocenters. The second kappa shape index (κ2) is 7.02. The quantitative estimate of drug-likeness (QED) is 0.646. The van der Waals surface area contributed by atoms with Crippen molar-refractivity contribution in [2.45, 2.75) is 18.6 Å². The van der Waals surface area contributed by atoms with Crippen molar-refractivity contribution in [1.82, 2.24) is 4.90 Å². The van der Waals surface area contributed by atoms with Gasteiger partial charge in [-0.15, -0.1) is 0 Å². The lowest BCUT2D eigenvalue weighted by Crippen LogP contribution is -2.40. The average molecular weight is 349 g/mol. The standard InChI is InChI=1S/C14H18Cl2N2O4/c15-9-3-8(11(20)4-10(9)16)13(17)7-1-2-18(5-7)14(22)12(21)6-19/h3-4,7,12-13,19-21H,1-2,5-6,17H2/t7-,12-,13+/m1/s1. The SMILES string of the molecule is N[C@H](c1cc(Cl)c(Cl)cc1O)[C@@H]1CCN(C(=O)[C@H](O)CO)C1. The summed E-state index contributed by atoms with van der Waals surface area (Å²) in [5.74, 6) is -0.643. The Hall–Kier alpha value is -1.05. The van der Waals surface area contributed by atoms with Crippen LogP contribution in [0.2, 0.25) is 10.0 Å². The van der Waals surface area contributed by atoms with E-state index in [4.69, 9.17) is 34.0 Å². The van der Waals surface area contributed by atoms with Gasteiger partial charge in [-0.05, 0) is 18.4 Å². The summed E-state index contributed by atoms with van der Waals surface area (Å²) in [6.07, 6.45) is -0.779. The van der Waals surface area contributed by atoms with Crippen LogP contribution in [0.1, 0.15) is 18.0 Å². The molecule has 0 bridgehead atoms. The molecule has 0 spiro atoms. The zero-order valence-electron chi connectivity index (χ0n) is 11.7. The third-order valence-electron chi connectivity index (χ3n) is 3.93. The Bertz CT molecular complexity index is 570. The van der Waals surface area contributed by atoms with Crippen LogP contribution in [0.5, 0.6) is 5.75 Å². The van der Waals surface area contributed by atoms with Gasteiger partial charge in [-0.25, -0.2) is 0 Å². The molecule has 2 rings (SSSR count). The van der Waals surface area contributed by atoms with Crippen molar-refractivity contribution in [3.8, 4) is 5.75 Å². The molecule has 0 aromatic heterocycles. The van der Waals surface area contributed by atoms with Gasteiger partial charge >= 0.3 is 0 Å². The summed E-state index contributed by atoms with van der Waals surface area (Å²) in [4.78, 5) is 13.3. The molecule has 8 heteroatoms. The fourth-order valence-electron chi connectivity index (χ4n) is 2.64. The van der Waals surface area contributed by atoms with Crippen molar-refractivity contribution in [2.75, 3.05) is 19.7 Å². The van der Waals surface area contributed by atoms with Gasteiger partial charge in [-0.2, -0.15) is 0 Å². The minimum Gasteiger partial charge on any atom is -0.508 e. The van der Waals surface area contributed by atoms with Crippen LogP contribution in [-0.2, 0) is 4.79 Å².